The van der Waals surface area contributed by atoms with Gasteiger partial charge in [-0.1, -0.05) is 6.92 Å². The molecule has 1 heterocycles. The molecule has 0 spiro atoms. The van der Waals surface area contributed by atoms with Gasteiger partial charge in [0.25, 0.3) is 0 Å². The Balaban J connectivity index is 2.82. The molecule has 0 amide bonds. The highest BCUT2D eigenvalue weighted by Crippen LogP contribution is 2.29. The third kappa shape index (κ3) is 3.37. The van der Waals surface area contributed by atoms with E-state index in [4.69, 9.17) is 5.11 Å². The van der Waals surface area contributed by atoms with Crippen LogP contribution in [0.25, 0.3) is 0 Å². The van der Waals surface area contributed by atoms with Crippen LogP contribution in [0.1, 0.15) is 18.9 Å². The van der Waals surface area contributed by atoms with Gasteiger partial charge in [-0.05, 0) is 18.6 Å². The maximum Gasteiger partial charge on any atom is 0.416 e. The number of halogens is 3. The highest BCUT2D eigenvalue weighted by atomic mass is 19.4. The number of aromatic nitrogens is 1. The van der Waals surface area contributed by atoms with E-state index in [0.717, 1.165) is 18.3 Å². The molecule has 0 saturated heterocycles. The van der Waals surface area contributed by atoms with Gasteiger partial charge in [0.05, 0.1) is 18.2 Å². The first-order valence-electron chi connectivity index (χ1n) is 4.88. The minimum atomic E-state index is -4.37. The summed E-state index contributed by atoms with van der Waals surface area (Å²) < 4.78 is 37.1. The van der Waals surface area contributed by atoms with Gasteiger partial charge < -0.3 is 10.4 Å². The molecule has 3 nitrogen and oxygen atoms in total. The Bertz CT molecular complexity index is 337. The second-order valence-corrected chi connectivity index (χ2v) is 3.36. The molecular weight excluding hydrogens is 221 g/mol. The Morgan fingerprint density at radius 2 is 2.19 bits per heavy atom. The zero-order valence-electron chi connectivity index (χ0n) is 8.75. The fraction of sp³-hybridized carbons (Fsp3) is 0.500. The van der Waals surface area contributed by atoms with Gasteiger partial charge in [0.2, 0.25) is 0 Å². The summed E-state index contributed by atoms with van der Waals surface area (Å²) >= 11 is 0. The van der Waals surface area contributed by atoms with Crippen LogP contribution in [0, 0.1) is 0 Å². The van der Waals surface area contributed by atoms with Crippen LogP contribution in [0.2, 0.25) is 0 Å². The lowest BCUT2D eigenvalue weighted by Crippen LogP contribution is -2.23. The number of aliphatic hydroxyl groups is 1. The Labute approximate surface area is 91.3 Å². The largest absolute Gasteiger partial charge is 0.416 e. The minimum absolute atomic E-state index is 0.121. The molecule has 1 aromatic rings. The van der Waals surface area contributed by atoms with E-state index in [2.05, 4.69) is 10.3 Å². The average molecular weight is 234 g/mol. The molecule has 0 bridgehead atoms. The van der Waals surface area contributed by atoms with Crippen molar-refractivity contribution >= 4 is 5.82 Å². The molecule has 0 aliphatic heterocycles. The van der Waals surface area contributed by atoms with E-state index in [1.165, 1.54) is 0 Å². The number of nitrogens with one attached hydrogen (secondary N) is 1. The van der Waals surface area contributed by atoms with Crippen LogP contribution in [0.4, 0.5) is 19.0 Å². The monoisotopic (exact) mass is 234 g/mol. The van der Waals surface area contributed by atoms with Crippen molar-refractivity contribution in [1.82, 2.24) is 4.98 Å². The maximum absolute atomic E-state index is 12.4. The summed E-state index contributed by atoms with van der Waals surface area (Å²) in [6.07, 6.45) is -2.68. The number of aliphatic hydroxyl groups excluding tert-OH is 1. The summed E-state index contributed by atoms with van der Waals surface area (Å²) in [4.78, 5) is 3.77. The Morgan fingerprint density at radius 1 is 1.50 bits per heavy atom. The van der Waals surface area contributed by atoms with E-state index in [-0.39, 0.29) is 18.5 Å². The predicted molar refractivity (Wildman–Crippen MR) is 54.0 cm³/mol. The average Bonchev–Trinajstić information content (AvgIpc) is 2.25. The first kappa shape index (κ1) is 12.8. The second-order valence-electron chi connectivity index (χ2n) is 3.36. The molecule has 0 fully saturated rings. The number of pyridine rings is 1. The van der Waals surface area contributed by atoms with Crippen molar-refractivity contribution in [3.63, 3.8) is 0 Å². The third-order valence-electron chi connectivity index (χ3n) is 2.15. The van der Waals surface area contributed by atoms with Crippen LogP contribution in [0.5, 0.6) is 0 Å². The van der Waals surface area contributed by atoms with E-state index in [1.54, 1.807) is 0 Å². The van der Waals surface area contributed by atoms with Crippen molar-refractivity contribution in [2.24, 2.45) is 0 Å². The summed E-state index contributed by atoms with van der Waals surface area (Å²) in [5, 5.41) is 11.6. The molecular formula is C10H13F3N2O. The topological polar surface area (TPSA) is 45.1 Å². The fourth-order valence-corrected chi connectivity index (χ4v) is 1.17. The number of rotatable bonds is 4. The predicted octanol–water partition coefficient (Wildman–Crippen LogP) is 2.28. The van der Waals surface area contributed by atoms with Crippen LogP contribution in [-0.4, -0.2) is 22.7 Å². The Morgan fingerprint density at radius 3 is 2.69 bits per heavy atom. The van der Waals surface area contributed by atoms with E-state index in [9.17, 15) is 13.2 Å². The van der Waals surface area contributed by atoms with Gasteiger partial charge >= 0.3 is 6.18 Å². The van der Waals surface area contributed by atoms with Crippen LogP contribution in [0.3, 0.4) is 0 Å². The summed E-state index contributed by atoms with van der Waals surface area (Å²) in [6.45, 7) is 1.68. The van der Waals surface area contributed by atoms with Crippen molar-refractivity contribution in [3.8, 4) is 0 Å². The van der Waals surface area contributed by atoms with E-state index < -0.39 is 11.7 Å². The fourth-order valence-electron chi connectivity index (χ4n) is 1.17. The lowest BCUT2D eigenvalue weighted by Gasteiger charge is -2.15. The standard InChI is InChI=1S/C10H13F3N2O/c1-2-8(6-16)15-9-5-7(3-4-14-9)10(11,12)13/h3-5,8,16H,2,6H2,1H3,(H,14,15). The van der Waals surface area contributed by atoms with Crippen molar-refractivity contribution < 1.29 is 18.3 Å². The van der Waals surface area contributed by atoms with Crippen LogP contribution >= 0.6 is 0 Å². The number of hydrogen-bond acceptors (Lipinski definition) is 3. The summed E-state index contributed by atoms with van der Waals surface area (Å²) in [6, 6.07) is 1.56. The van der Waals surface area contributed by atoms with Gasteiger partial charge in [-0.3, -0.25) is 0 Å². The molecule has 90 valence electrons. The van der Waals surface area contributed by atoms with Gasteiger partial charge in [0.1, 0.15) is 5.82 Å². The molecule has 1 aromatic heterocycles. The molecule has 0 aromatic carbocycles. The molecule has 2 N–H and O–H groups in total. The highest BCUT2D eigenvalue weighted by Gasteiger charge is 2.30. The molecule has 1 unspecified atom stereocenters. The van der Waals surface area contributed by atoms with Gasteiger partial charge in [-0.15, -0.1) is 0 Å². The van der Waals surface area contributed by atoms with Crippen molar-refractivity contribution in [2.45, 2.75) is 25.6 Å². The molecule has 0 aliphatic carbocycles. The van der Waals surface area contributed by atoms with Crippen LogP contribution < -0.4 is 5.32 Å². The van der Waals surface area contributed by atoms with Crippen molar-refractivity contribution in [3.05, 3.63) is 23.9 Å². The van der Waals surface area contributed by atoms with Crippen molar-refractivity contribution in [2.75, 3.05) is 11.9 Å². The number of hydrogen-bond donors (Lipinski definition) is 2. The SMILES string of the molecule is CCC(CO)Nc1cc(C(F)(F)F)ccn1. The number of anilines is 1. The van der Waals surface area contributed by atoms with E-state index in [1.807, 2.05) is 6.92 Å². The zero-order chi connectivity index (χ0) is 12.2. The van der Waals surface area contributed by atoms with E-state index in [0.29, 0.717) is 6.42 Å². The number of nitrogens with zero attached hydrogens (tertiary/aromatic N) is 1. The molecule has 6 heteroatoms. The first-order chi connectivity index (χ1) is 7.47. The van der Waals surface area contributed by atoms with Gasteiger partial charge in [0.15, 0.2) is 0 Å². The first-order valence-corrected chi connectivity index (χ1v) is 4.88. The minimum Gasteiger partial charge on any atom is -0.394 e. The molecule has 1 rings (SSSR count). The summed E-state index contributed by atoms with van der Waals surface area (Å²) in [5.41, 5.74) is -0.752. The van der Waals surface area contributed by atoms with E-state index >= 15 is 0 Å². The zero-order valence-corrected chi connectivity index (χ0v) is 8.75. The molecule has 0 saturated carbocycles. The summed E-state index contributed by atoms with van der Waals surface area (Å²) in [5.74, 6) is 0.121. The molecule has 1 atom stereocenters. The Hall–Kier alpha value is -1.30. The molecule has 0 aliphatic rings. The maximum atomic E-state index is 12.4. The quantitative estimate of drug-likeness (QED) is 0.840. The summed E-state index contributed by atoms with van der Waals surface area (Å²) in [7, 11) is 0. The number of alkyl halides is 3. The van der Waals surface area contributed by atoms with Crippen molar-refractivity contribution in [1.29, 1.82) is 0 Å². The van der Waals surface area contributed by atoms with Gasteiger partial charge in [0, 0.05) is 6.20 Å². The van der Waals surface area contributed by atoms with Gasteiger partial charge in [-0.25, -0.2) is 4.98 Å². The normalized spacial score (nSPS) is 13.6. The second kappa shape index (κ2) is 5.16. The van der Waals surface area contributed by atoms with Crippen LogP contribution in [-0.2, 0) is 6.18 Å². The van der Waals surface area contributed by atoms with Crippen LogP contribution in [0.15, 0.2) is 18.3 Å². The lowest BCUT2D eigenvalue weighted by molar-refractivity contribution is -0.137. The smallest absolute Gasteiger partial charge is 0.394 e. The molecule has 0 radical (unpaired) electrons. The molecule has 16 heavy (non-hydrogen) atoms. The van der Waals surface area contributed by atoms with Gasteiger partial charge in [-0.2, -0.15) is 13.2 Å². The lowest BCUT2D eigenvalue weighted by atomic mass is 10.2. The third-order valence-corrected chi connectivity index (χ3v) is 2.15. The highest BCUT2D eigenvalue weighted by molar-refractivity contribution is 5.39. The Kier molecular flexibility index (Phi) is 4.12.